The Kier molecular flexibility index (Phi) is 4.63. The number of nitrogens with one attached hydrogen (secondary N) is 1. The molecule has 1 aromatic carbocycles. The number of rotatable bonds is 4. The van der Waals surface area contributed by atoms with E-state index in [1.165, 1.54) is 11.3 Å². The lowest BCUT2D eigenvalue weighted by Crippen LogP contribution is -2.26. The average molecular weight is 316 g/mol. The molecule has 0 bridgehead atoms. The first-order chi connectivity index (χ1) is 9.06. The Morgan fingerprint density at radius 3 is 2.84 bits per heavy atom. The van der Waals surface area contributed by atoms with Gasteiger partial charge in [-0.05, 0) is 24.1 Å². The van der Waals surface area contributed by atoms with Crippen molar-refractivity contribution in [3.05, 3.63) is 44.9 Å². The fourth-order valence-corrected chi connectivity index (χ4v) is 2.56. The maximum atomic E-state index is 11.7. The molecule has 0 radical (unpaired) electrons. The molecule has 1 heterocycles. The van der Waals surface area contributed by atoms with E-state index in [1.54, 1.807) is 17.5 Å². The van der Waals surface area contributed by atoms with Crippen LogP contribution in [0.25, 0.3) is 0 Å². The van der Waals surface area contributed by atoms with Gasteiger partial charge in [-0.2, -0.15) is 0 Å². The van der Waals surface area contributed by atoms with E-state index in [1.807, 2.05) is 6.07 Å². The zero-order valence-corrected chi connectivity index (χ0v) is 12.1. The Bertz CT molecular complexity index is 600. The molecule has 7 heteroatoms. The molecule has 3 N–H and O–H groups in total. The number of benzene rings is 1. The molecule has 0 aliphatic carbocycles. The molecule has 0 aliphatic heterocycles. The summed E-state index contributed by atoms with van der Waals surface area (Å²) in [4.78, 5) is 15.6. The Balaban J connectivity index is 1.88. The monoisotopic (exact) mass is 315 g/mol. The van der Waals surface area contributed by atoms with Gasteiger partial charge in [-0.3, -0.25) is 4.79 Å². The van der Waals surface area contributed by atoms with Crippen molar-refractivity contribution < 1.29 is 4.79 Å². The number of carbonyl (C=O) groups excluding carboxylic acids is 1. The van der Waals surface area contributed by atoms with Crippen LogP contribution in [0.1, 0.15) is 16.1 Å². The van der Waals surface area contributed by atoms with E-state index >= 15 is 0 Å². The lowest BCUT2D eigenvalue weighted by molar-refractivity contribution is 0.0950. The van der Waals surface area contributed by atoms with Gasteiger partial charge in [-0.25, -0.2) is 4.98 Å². The minimum atomic E-state index is -0.238. The Hall–Kier alpha value is -1.30. The minimum absolute atomic E-state index is 0.238. The van der Waals surface area contributed by atoms with Crippen molar-refractivity contribution in [2.75, 3.05) is 12.3 Å². The first kappa shape index (κ1) is 14.1. The van der Waals surface area contributed by atoms with Gasteiger partial charge in [-0.15, -0.1) is 11.3 Å². The molecule has 2 aromatic rings. The zero-order valence-electron chi connectivity index (χ0n) is 9.82. The highest BCUT2D eigenvalue weighted by Crippen LogP contribution is 2.21. The maximum absolute atomic E-state index is 11.7. The van der Waals surface area contributed by atoms with E-state index < -0.39 is 0 Å². The number of hydrogen-bond acceptors (Lipinski definition) is 4. The third-order valence-corrected chi connectivity index (χ3v) is 3.71. The average Bonchev–Trinajstić information content (AvgIpc) is 2.78. The second kappa shape index (κ2) is 6.23. The molecule has 0 saturated heterocycles. The van der Waals surface area contributed by atoms with Gasteiger partial charge < -0.3 is 11.1 Å². The predicted molar refractivity (Wildman–Crippen MR) is 79.0 cm³/mol. The van der Waals surface area contributed by atoms with Crippen LogP contribution >= 0.6 is 34.5 Å². The molecule has 19 heavy (non-hydrogen) atoms. The molecule has 1 aromatic heterocycles. The summed E-state index contributed by atoms with van der Waals surface area (Å²) < 4.78 is 0. The van der Waals surface area contributed by atoms with Crippen molar-refractivity contribution in [2.45, 2.75) is 6.42 Å². The fourth-order valence-electron chi connectivity index (χ4n) is 1.52. The van der Waals surface area contributed by atoms with E-state index in [-0.39, 0.29) is 5.91 Å². The summed E-state index contributed by atoms with van der Waals surface area (Å²) in [6.07, 6.45) is 0.626. The van der Waals surface area contributed by atoms with E-state index in [4.69, 9.17) is 28.9 Å². The summed E-state index contributed by atoms with van der Waals surface area (Å²) in [5, 5.41) is 5.96. The van der Waals surface area contributed by atoms with Gasteiger partial charge in [0.05, 0.1) is 0 Å². The summed E-state index contributed by atoms with van der Waals surface area (Å²) in [6, 6.07) is 5.30. The van der Waals surface area contributed by atoms with Crippen LogP contribution in [0, 0.1) is 0 Å². The van der Waals surface area contributed by atoms with Crippen LogP contribution in [-0.4, -0.2) is 17.4 Å². The molecular weight excluding hydrogens is 305 g/mol. The maximum Gasteiger partial charge on any atom is 0.270 e. The van der Waals surface area contributed by atoms with Gasteiger partial charge in [0, 0.05) is 22.0 Å². The summed E-state index contributed by atoms with van der Waals surface area (Å²) in [5.41, 5.74) is 6.74. The van der Waals surface area contributed by atoms with E-state index in [0.29, 0.717) is 33.8 Å². The first-order valence-corrected chi connectivity index (χ1v) is 7.13. The molecule has 0 fully saturated rings. The van der Waals surface area contributed by atoms with Crippen molar-refractivity contribution in [2.24, 2.45) is 0 Å². The second-order valence-corrected chi connectivity index (χ2v) is 5.55. The van der Waals surface area contributed by atoms with Gasteiger partial charge in [0.15, 0.2) is 5.13 Å². The number of nitrogens with two attached hydrogens (primary N) is 1. The highest BCUT2D eigenvalue weighted by atomic mass is 35.5. The van der Waals surface area contributed by atoms with E-state index in [2.05, 4.69) is 10.3 Å². The molecule has 0 atom stereocenters. The summed E-state index contributed by atoms with van der Waals surface area (Å²) in [6.45, 7) is 0.470. The molecule has 1 amide bonds. The van der Waals surface area contributed by atoms with Gasteiger partial charge >= 0.3 is 0 Å². The number of thiazole rings is 1. The number of hydrogen-bond donors (Lipinski definition) is 2. The molecule has 0 unspecified atom stereocenters. The predicted octanol–water partition coefficient (Wildman–Crippen LogP) is 3.00. The molecule has 100 valence electrons. The molecule has 0 aliphatic rings. The van der Waals surface area contributed by atoms with Crippen LogP contribution in [0.15, 0.2) is 23.6 Å². The van der Waals surface area contributed by atoms with Crippen LogP contribution in [0.3, 0.4) is 0 Å². The lowest BCUT2D eigenvalue weighted by Gasteiger charge is -2.06. The second-order valence-electron chi connectivity index (χ2n) is 3.81. The SMILES string of the molecule is Nc1nc(C(=O)NCCc2ccc(Cl)cc2Cl)cs1. The standard InChI is InChI=1S/C12H11Cl2N3OS/c13-8-2-1-7(9(14)5-8)3-4-16-11(18)10-6-19-12(15)17-10/h1-2,5-6H,3-4H2,(H2,15,17)(H,16,18). The van der Waals surface area contributed by atoms with E-state index in [0.717, 1.165) is 5.56 Å². The third kappa shape index (κ3) is 3.83. The van der Waals surface area contributed by atoms with Gasteiger partial charge in [0.2, 0.25) is 0 Å². The number of nitrogens with zero attached hydrogens (tertiary/aromatic N) is 1. The topological polar surface area (TPSA) is 68.0 Å². The number of anilines is 1. The number of nitrogen functional groups attached to an aromatic ring is 1. The van der Waals surface area contributed by atoms with Crippen molar-refractivity contribution in [3.8, 4) is 0 Å². The van der Waals surface area contributed by atoms with Gasteiger partial charge in [0.1, 0.15) is 5.69 Å². The Labute approximate surface area is 124 Å². The Morgan fingerprint density at radius 1 is 1.42 bits per heavy atom. The van der Waals surface area contributed by atoms with Crippen molar-refractivity contribution in [3.63, 3.8) is 0 Å². The minimum Gasteiger partial charge on any atom is -0.375 e. The van der Waals surface area contributed by atoms with Crippen LogP contribution in [0.4, 0.5) is 5.13 Å². The highest BCUT2D eigenvalue weighted by molar-refractivity contribution is 7.13. The summed E-state index contributed by atoms with van der Waals surface area (Å²) in [7, 11) is 0. The molecule has 2 rings (SSSR count). The normalized spacial score (nSPS) is 10.4. The van der Waals surface area contributed by atoms with Crippen molar-refractivity contribution in [1.82, 2.24) is 10.3 Å². The molecular formula is C12H11Cl2N3OS. The Morgan fingerprint density at radius 2 is 2.21 bits per heavy atom. The quantitative estimate of drug-likeness (QED) is 0.911. The number of amides is 1. The fraction of sp³-hybridized carbons (Fsp3) is 0.167. The van der Waals surface area contributed by atoms with Crippen molar-refractivity contribution >= 4 is 45.6 Å². The highest BCUT2D eigenvalue weighted by Gasteiger charge is 2.09. The molecule has 4 nitrogen and oxygen atoms in total. The first-order valence-electron chi connectivity index (χ1n) is 5.49. The van der Waals surface area contributed by atoms with Crippen LogP contribution in [-0.2, 0) is 6.42 Å². The van der Waals surface area contributed by atoms with Gasteiger partial charge in [-0.1, -0.05) is 29.3 Å². The van der Waals surface area contributed by atoms with Crippen LogP contribution < -0.4 is 11.1 Å². The molecule has 0 spiro atoms. The van der Waals surface area contributed by atoms with Gasteiger partial charge in [0.25, 0.3) is 5.91 Å². The summed E-state index contributed by atoms with van der Waals surface area (Å²) >= 11 is 13.1. The lowest BCUT2D eigenvalue weighted by atomic mass is 10.1. The van der Waals surface area contributed by atoms with Crippen LogP contribution in [0.2, 0.25) is 10.0 Å². The smallest absolute Gasteiger partial charge is 0.270 e. The number of aromatic nitrogens is 1. The number of carbonyl (C=O) groups is 1. The van der Waals surface area contributed by atoms with Crippen LogP contribution in [0.5, 0.6) is 0 Å². The third-order valence-electron chi connectivity index (χ3n) is 2.45. The largest absolute Gasteiger partial charge is 0.375 e. The van der Waals surface area contributed by atoms with E-state index in [9.17, 15) is 4.79 Å². The summed E-state index contributed by atoms with van der Waals surface area (Å²) in [5.74, 6) is -0.238. The van der Waals surface area contributed by atoms with Crippen molar-refractivity contribution in [1.29, 1.82) is 0 Å². The number of halogens is 2. The molecule has 0 saturated carbocycles. The zero-order chi connectivity index (χ0) is 13.8.